The predicted octanol–water partition coefficient (Wildman–Crippen LogP) is 5.80. The Morgan fingerprint density at radius 2 is 1.77 bits per heavy atom. The lowest BCUT2D eigenvalue weighted by molar-refractivity contribution is -0.111. The van der Waals surface area contributed by atoms with E-state index >= 15 is 0 Å². The van der Waals surface area contributed by atoms with Gasteiger partial charge < -0.3 is 14.8 Å². The first-order valence-electron chi connectivity index (χ1n) is 10.0. The number of carbonyl (C=O) groups excluding carboxylic acids is 1. The molecule has 0 aliphatic carbocycles. The van der Waals surface area contributed by atoms with Crippen LogP contribution in [-0.2, 0) is 17.8 Å². The number of hydrogen-bond donors (Lipinski definition) is 1. The number of amides is 1. The molecule has 1 amide bonds. The quantitative estimate of drug-likeness (QED) is 0.486. The largest absolute Gasteiger partial charge is 0.493 e. The van der Waals surface area contributed by atoms with Gasteiger partial charge in [0.15, 0.2) is 11.5 Å². The zero-order valence-electron chi connectivity index (χ0n) is 17.6. The Kier molecular flexibility index (Phi) is 7.28. The summed E-state index contributed by atoms with van der Waals surface area (Å²) in [7, 11) is 1.61. The Morgan fingerprint density at radius 1 is 1.00 bits per heavy atom. The van der Waals surface area contributed by atoms with Gasteiger partial charge in [-0.3, -0.25) is 4.79 Å². The van der Waals surface area contributed by atoms with E-state index in [1.807, 2.05) is 60.7 Å². The molecule has 0 saturated carbocycles. The number of aryl methyl sites for hydroxylation is 2. The van der Waals surface area contributed by atoms with Crippen LogP contribution >= 0.6 is 0 Å². The van der Waals surface area contributed by atoms with Crippen LogP contribution in [0, 0.1) is 6.92 Å². The van der Waals surface area contributed by atoms with Crippen molar-refractivity contribution in [2.45, 2.75) is 26.9 Å². The normalized spacial score (nSPS) is 10.8. The summed E-state index contributed by atoms with van der Waals surface area (Å²) >= 11 is 0. The van der Waals surface area contributed by atoms with E-state index in [1.54, 1.807) is 13.2 Å². The molecule has 0 aliphatic heterocycles. The summed E-state index contributed by atoms with van der Waals surface area (Å²) in [4.78, 5) is 12.2. The van der Waals surface area contributed by atoms with E-state index in [0.29, 0.717) is 18.1 Å². The second-order valence-electron chi connectivity index (χ2n) is 7.00. The van der Waals surface area contributed by atoms with Crippen molar-refractivity contribution in [3.8, 4) is 11.5 Å². The summed E-state index contributed by atoms with van der Waals surface area (Å²) in [5.74, 6) is 1.11. The molecule has 0 bridgehead atoms. The summed E-state index contributed by atoms with van der Waals surface area (Å²) in [6.07, 6.45) is 4.24. The van der Waals surface area contributed by atoms with Crippen molar-refractivity contribution >= 4 is 17.7 Å². The zero-order valence-corrected chi connectivity index (χ0v) is 17.6. The van der Waals surface area contributed by atoms with E-state index in [9.17, 15) is 4.79 Å². The van der Waals surface area contributed by atoms with Crippen molar-refractivity contribution in [2.24, 2.45) is 0 Å². The number of methoxy groups -OCH3 is 1. The zero-order chi connectivity index (χ0) is 21.3. The second-order valence-corrected chi connectivity index (χ2v) is 7.00. The number of carbonyl (C=O) groups is 1. The average Bonchev–Trinajstić information content (AvgIpc) is 2.78. The summed E-state index contributed by atoms with van der Waals surface area (Å²) in [5, 5.41) is 2.87. The number of hydrogen-bond acceptors (Lipinski definition) is 3. The first kappa shape index (κ1) is 21.2. The molecule has 0 radical (unpaired) electrons. The molecule has 0 fully saturated rings. The van der Waals surface area contributed by atoms with Crippen LogP contribution in [0.3, 0.4) is 0 Å². The number of anilines is 1. The van der Waals surface area contributed by atoms with Gasteiger partial charge in [-0.2, -0.15) is 0 Å². The van der Waals surface area contributed by atoms with Crippen molar-refractivity contribution in [3.05, 3.63) is 95.1 Å². The van der Waals surface area contributed by atoms with Gasteiger partial charge >= 0.3 is 0 Å². The van der Waals surface area contributed by atoms with Crippen LogP contribution in [0.25, 0.3) is 6.08 Å². The molecule has 1 N–H and O–H groups in total. The molecule has 3 aromatic rings. The average molecular weight is 402 g/mol. The van der Waals surface area contributed by atoms with Crippen molar-refractivity contribution in [2.75, 3.05) is 12.4 Å². The molecular weight excluding hydrogens is 374 g/mol. The second kappa shape index (κ2) is 10.3. The highest BCUT2D eigenvalue weighted by Gasteiger charge is 2.07. The van der Waals surface area contributed by atoms with Crippen molar-refractivity contribution in [1.29, 1.82) is 0 Å². The maximum atomic E-state index is 12.2. The maximum Gasteiger partial charge on any atom is 0.248 e. The van der Waals surface area contributed by atoms with Gasteiger partial charge in [-0.15, -0.1) is 0 Å². The van der Waals surface area contributed by atoms with Gasteiger partial charge in [0.1, 0.15) is 6.61 Å². The molecule has 0 spiro atoms. The van der Waals surface area contributed by atoms with E-state index in [0.717, 1.165) is 23.2 Å². The number of rotatable bonds is 8. The number of ether oxygens (including phenoxy) is 2. The van der Waals surface area contributed by atoms with Crippen LogP contribution in [-0.4, -0.2) is 13.0 Å². The van der Waals surface area contributed by atoms with E-state index in [4.69, 9.17) is 9.47 Å². The Balaban J connectivity index is 1.63. The Labute approximate surface area is 178 Å². The fraction of sp³-hybridized carbons (Fsp3) is 0.192. The summed E-state index contributed by atoms with van der Waals surface area (Å²) in [6, 6.07) is 21.6. The highest BCUT2D eigenvalue weighted by molar-refractivity contribution is 6.01. The summed E-state index contributed by atoms with van der Waals surface area (Å²) < 4.78 is 11.4. The van der Waals surface area contributed by atoms with Crippen LogP contribution in [0.4, 0.5) is 5.69 Å². The monoisotopic (exact) mass is 401 g/mol. The molecule has 0 aromatic heterocycles. The molecule has 30 heavy (non-hydrogen) atoms. The minimum atomic E-state index is -0.182. The molecule has 0 heterocycles. The van der Waals surface area contributed by atoms with Crippen molar-refractivity contribution in [1.82, 2.24) is 0 Å². The molecule has 154 valence electrons. The van der Waals surface area contributed by atoms with Gasteiger partial charge in [0.25, 0.3) is 0 Å². The Hall–Kier alpha value is -3.53. The van der Waals surface area contributed by atoms with Gasteiger partial charge in [-0.05, 0) is 65.9 Å². The lowest BCUT2D eigenvalue weighted by Gasteiger charge is -2.12. The van der Waals surface area contributed by atoms with Crippen molar-refractivity contribution < 1.29 is 14.3 Å². The van der Waals surface area contributed by atoms with Crippen LogP contribution < -0.4 is 14.8 Å². The minimum Gasteiger partial charge on any atom is -0.493 e. The lowest BCUT2D eigenvalue weighted by atomic mass is 10.1. The van der Waals surface area contributed by atoms with Gasteiger partial charge in [-0.25, -0.2) is 0 Å². The van der Waals surface area contributed by atoms with Gasteiger partial charge in [0, 0.05) is 11.8 Å². The number of nitrogens with one attached hydrogen (secondary N) is 1. The molecule has 0 atom stereocenters. The summed E-state index contributed by atoms with van der Waals surface area (Å²) in [6.45, 7) is 4.63. The fourth-order valence-electron chi connectivity index (χ4n) is 3.01. The van der Waals surface area contributed by atoms with Gasteiger partial charge in [0.05, 0.1) is 7.11 Å². The van der Waals surface area contributed by atoms with E-state index in [1.165, 1.54) is 17.2 Å². The molecule has 0 aliphatic rings. The number of benzene rings is 3. The smallest absolute Gasteiger partial charge is 0.248 e. The molecule has 0 unspecified atom stereocenters. The maximum absolute atomic E-state index is 12.2. The van der Waals surface area contributed by atoms with E-state index in [2.05, 4.69) is 25.2 Å². The Bertz CT molecular complexity index is 1020. The van der Waals surface area contributed by atoms with E-state index < -0.39 is 0 Å². The SMILES string of the molecule is CCc1ccc(NC(=O)/C=C/c2ccc(OCc3ccccc3C)c(OC)c2)cc1. The van der Waals surface area contributed by atoms with Crippen molar-refractivity contribution in [3.63, 3.8) is 0 Å². The third kappa shape index (κ3) is 5.74. The molecule has 3 aromatic carbocycles. The third-order valence-corrected chi connectivity index (χ3v) is 4.89. The molecule has 4 nitrogen and oxygen atoms in total. The first-order chi connectivity index (χ1) is 14.6. The van der Waals surface area contributed by atoms with Crippen LogP contribution in [0.2, 0.25) is 0 Å². The molecule has 3 rings (SSSR count). The highest BCUT2D eigenvalue weighted by atomic mass is 16.5. The third-order valence-electron chi connectivity index (χ3n) is 4.89. The highest BCUT2D eigenvalue weighted by Crippen LogP contribution is 2.29. The molecular formula is C26H27NO3. The Morgan fingerprint density at radius 3 is 2.47 bits per heavy atom. The predicted molar refractivity (Wildman–Crippen MR) is 122 cm³/mol. The van der Waals surface area contributed by atoms with Gasteiger partial charge in [-0.1, -0.05) is 49.4 Å². The summed E-state index contributed by atoms with van der Waals surface area (Å²) in [5.41, 5.74) is 5.19. The fourth-order valence-corrected chi connectivity index (χ4v) is 3.01. The topological polar surface area (TPSA) is 47.6 Å². The first-order valence-corrected chi connectivity index (χ1v) is 10.0. The van der Waals surface area contributed by atoms with Crippen LogP contribution in [0.5, 0.6) is 11.5 Å². The molecule has 4 heteroatoms. The van der Waals surface area contributed by atoms with E-state index in [-0.39, 0.29) is 5.91 Å². The molecule has 0 saturated heterocycles. The van der Waals surface area contributed by atoms with Crippen LogP contribution in [0.15, 0.2) is 72.8 Å². The van der Waals surface area contributed by atoms with Gasteiger partial charge in [0.2, 0.25) is 5.91 Å². The minimum absolute atomic E-state index is 0.182. The van der Waals surface area contributed by atoms with Crippen LogP contribution in [0.1, 0.15) is 29.2 Å². The lowest BCUT2D eigenvalue weighted by Crippen LogP contribution is -2.07. The standard InChI is InChI=1S/C26H27NO3/c1-4-20-9-13-23(14-10-20)27-26(28)16-12-21-11-15-24(25(17-21)29-3)30-18-22-8-6-5-7-19(22)2/h5-17H,4,18H2,1-3H3,(H,27,28)/b16-12+.